The molecule has 0 amide bonds. The van der Waals surface area contributed by atoms with Gasteiger partial charge in [0.2, 0.25) is 18.5 Å². The van der Waals surface area contributed by atoms with Gasteiger partial charge in [0.1, 0.15) is 13.2 Å². The SMILES string of the molecule is O=C(C[n+]1cccc(O)c1)c1ccc2c(c1)OCCO2. The highest BCUT2D eigenvalue weighted by atomic mass is 16.6. The van der Waals surface area contributed by atoms with Crippen LogP contribution in [0.25, 0.3) is 0 Å². The van der Waals surface area contributed by atoms with Gasteiger partial charge in [0.05, 0.1) is 0 Å². The number of nitrogens with zero attached hydrogens (tertiary/aromatic N) is 1. The third kappa shape index (κ3) is 2.56. The first-order valence-corrected chi connectivity index (χ1v) is 6.33. The maximum atomic E-state index is 12.2. The number of carbonyl (C=O) groups is 1. The highest BCUT2D eigenvalue weighted by molar-refractivity contribution is 5.95. The molecule has 0 atom stereocenters. The lowest BCUT2D eigenvalue weighted by Crippen LogP contribution is -2.36. The Bertz CT molecular complexity index is 654. The fourth-order valence-electron chi connectivity index (χ4n) is 2.08. The summed E-state index contributed by atoms with van der Waals surface area (Å²) in [5.74, 6) is 1.33. The van der Waals surface area contributed by atoms with Gasteiger partial charge in [-0.25, -0.2) is 0 Å². The Labute approximate surface area is 116 Å². The highest BCUT2D eigenvalue weighted by Gasteiger charge is 2.17. The number of Topliss-reactive ketones (excluding diaryl/α,β-unsaturated/α-hetero) is 1. The zero-order chi connectivity index (χ0) is 13.9. The van der Waals surface area contributed by atoms with E-state index in [0.29, 0.717) is 30.3 Å². The van der Waals surface area contributed by atoms with Crippen LogP contribution in [0.15, 0.2) is 42.7 Å². The second-order valence-electron chi connectivity index (χ2n) is 4.52. The van der Waals surface area contributed by atoms with Crippen molar-refractivity contribution in [3.63, 3.8) is 0 Å². The highest BCUT2D eigenvalue weighted by Crippen LogP contribution is 2.30. The zero-order valence-electron chi connectivity index (χ0n) is 10.8. The topological polar surface area (TPSA) is 59.6 Å². The van der Waals surface area contributed by atoms with Gasteiger partial charge in [-0.1, -0.05) is 0 Å². The molecule has 1 aliphatic heterocycles. The Balaban J connectivity index is 1.80. The Morgan fingerprint density at radius 1 is 1.20 bits per heavy atom. The van der Waals surface area contributed by atoms with Crippen molar-refractivity contribution in [3.05, 3.63) is 48.3 Å². The van der Waals surface area contributed by atoms with E-state index in [1.807, 2.05) is 0 Å². The summed E-state index contributed by atoms with van der Waals surface area (Å²) in [6, 6.07) is 8.41. The summed E-state index contributed by atoms with van der Waals surface area (Å²) in [4.78, 5) is 12.2. The maximum Gasteiger partial charge on any atom is 0.227 e. The lowest BCUT2D eigenvalue weighted by molar-refractivity contribution is -0.683. The van der Waals surface area contributed by atoms with Gasteiger partial charge in [-0.3, -0.25) is 4.79 Å². The molecule has 1 aromatic carbocycles. The van der Waals surface area contributed by atoms with Crippen molar-refractivity contribution in [2.75, 3.05) is 13.2 Å². The van der Waals surface area contributed by atoms with E-state index >= 15 is 0 Å². The molecule has 0 fully saturated rings. The lowest BCUT2D eigenvalue weighted by atomic mass is 10.1. The molecule has 1 aliphatic rings. The van der Waals surface area contributed by atoms with Gasteiger partial charge in [0, 0.05) is 11.6 Å². The molecule has 1 aromatic heterocycles. The van der Waals surface area contributed by atoms with Crippen LogP contribution in [0.3, 0.4) is 0 Å². The second kappa shape index (κ2) is 5.21. The van der Waals surface area contributed by atoms with Crippen molar-refractivity contribution < 1.29 is 23.9 Å². The molecule has 102 valence electrons. The second-order valence-corrected chi connectivity index (χ2v) is 4.52. The molecule has 0 spiro atoms. The van der Waals surface area contributed by atoms with E-state index in [-0.39, 0.29) is 18.1 Å². The fourth-order valence-corrected chi connectivity index (χ4v) is 2.08. The standard InChI is InChI=1S/C15H13NO4/c17-12-2-1-5-16(9-12)10-13(18)11-3-4-14-15(8-11)20-7-6-19-14/h1-5,8-9H,6-7,10H2/p+1. The minimum atomic E-state index is -0.0578. The maximum absolute atomic E-state index is 12.2. The molecule has 0 aliphatic carbocycles. The summed E-state index contributed by atoms with van der Waals surface area (Å²) < 4.78 is 12.5. The predicted octanol–water partition coefficient (Wildman–Crippen LogP) is 1.33. The lowest BCUT2D eigenvalue weighted by Gasteiger charge is -2.18. The third-order valence-corrected chi connectivity index (χ3v) is 3.03. The smallest absolute Gasteiger partial charge is 0.227 e. The molecule has 0 radical (unpaired) electrons. The molecular formula is C15H14NO4+. The molecule has 2 heterocycles. The van der Waals surface area contributed by atoms with Crippen LogP contribution in [-0.2, 0) is 6.54 Å². The first-order chi connectivity index (χ1) is 9.72. The molecular weight excluding hydrogens is 258 g/mol. The van der Waals surface area contributed by atoms with E-state index in [9.17, 15) is 9.90 Å². The van der Waals surface area contributed by atoms with Crippen LogP contribution in [0.4, 0.5) is 0 Å². The molecule has 1 N–H and O–H groups in total. The summed E-state index contributed by atoms with van der Waals surface area (Å²) in [6.45, 7) is 1.18. The van der Waals surface area contributed by atoms with Crippen molar-refractivity contribution in [2.24, 2.45) is 0 Å². The molecule has 5 nitrogen and oxygen atoms in total. The molecule has 20 heavy (non-hydrogen) atoms. The van der Waals surface area contributed by atoms with Crippen LogP contribution in [0.1, 0.15) is 10.4 Å². The van der Waals surface area contributed by atoms with Gasteiger partial charge in [0.25, 0.3) is 0 Å². The fraction of sp³-hybridized carbons (Fsp3) is 0.200. The van der Waals surface area contributed by atoms with E-state index in [1.165, 1.54) is 6.20 Å². The van der Waals surface area contributed by atoms with Crippen LogP contribution in [0.2, 0.25) is 0 Å². The third-order valence-electron chi connectivity index (χ3n) is 3.03. The van der Waals surface area contributed by atoms with Gasteiger partial charge < -0.3 is 14.6 Å². The van der Waals surface area contributed by atoms with Crippen LogP contribution >= 0.6 is 0 Å². The van der Waals surface area contributed by atoms with Crippen molar-refractivity contribution in [2.45, 2.75) is 6.54 Å². The summed E-state index contributed by atoms with van der Waals surface area (Å²) in [7, 11) is 0. The molecule has 0 saturated heterocycles. The largest absolute Gasteiger partial charge is 0.503 e. The minimum absolute atomic E-state index is 0.0578. The average Bonchev–Trinajstić information content (AvgIpc) is 2.47. The van der Waals surface area contributed by atoms with Gasteiger partial charge >= 0.3 is 0 Å². The van der Waals surface area contributed by atoms with Gasteiger partial charge in [-0.05, 0) is 24.3 Å². The van der Waals surface area contributed by atoms with Crippen molar-refractivity contribution in [3.8, 4) is 17.2 Å². The number of ether oxygens (including phenoxy) is 2. The monoisotopic (exact) mass is 272 g/mol. The van der Waals surface area contributed by atoms with Gasteiger partial charge in [-0.2, -0.15) is 4.57 Å². The van der Waals surface area contributed by atoms with Crippen LogP contribution < -0.4 is 14.0 Å². The number of hydrogen-bond donors (Lipinski definition) is 1. The van der Waals surface area contributed by atoms with Crippen molar-refractivity contribution in [1.29, 1.82) is 0 Å². The predicted molar refractivity (Wildman–Crippen MR) is 70.1 cm³/mol. The van der Waals surface area contributed by atoms with E-state index in [2.05, 4.69) is 0 Å². The molecule has 0 unspecified atom stereocenters. The molecule has 2 aromatic rings. The van der Waals surface area contributed by atoms with Crippen LogP contribution in [0.5, 0.6) is 17.2 Å². The number of fused-ring (bicyclic) bond motifs is 1. The number of rotatable bonds is 3. The summed E-state index contributed by atoms with van der Waals surface area (Å²) in [6.07, 6.45) is 3.24. The Hall–Kier alpha value is -2.56. The Morgan fingerprint density at radius 2 is 2.00 bits per heavy atom. The zero-order valence-corrected chi connectivity index (χ0v) is 10.8. The number of hydrogen-bond acceptors (Lipinski definition) is 4. The number of benzene rings is 1. The van der Waals surface area contributed by atoms with Crippen molar-refractivity contribution in [1.82, 2.24) is 0 Å². The number of pyridine rings is 1. The van der Waals surface area contributed by atoms with E-state index in [0.717, 1.165) is 0 Å². The number of carbonyl (C=O) groups excluding carboxylic acids is 1. The Kier molecular flexibility index (Phi) is 3.25. The normalized spacial score (nSPS) is 13.0. The van der Waals surface area contributed by atoms with Crippen molar-refractivity contribution >= 4 is 5.78 Å². The van der Waals surface area contributed by atoms with E-state index < -0.39 is 0 Å². The first-order valence-electron chi connectivity index (χ1n) is 6.33. The summed E-state index contributed by atoms with van der Waals surface area (Å²) in [5.41, 5.74) is 0.560. The van der Waals surface area contributed by atoms with Gasteiger partial charge in [-0.15, -0.1) is 0 Å². The molecule has 5 heteroatoms. The van der Waals surface area contributed by atoms with Crippen LogP contribution in [-0.4, -0.2) is 24.1 Å². The van der Waals surface area contributed by atoms with E-state index in [4.69, 9.17) is 9.47 Å². The summed E-state index contributed by atoms with van der Waals surface area (Å²) >= 11 is 0. The number of ketones is 1. The summed E-state index contributed by atoms with van der Waals surface area (Å²) in [5, 5.41) is 9.39. The molecule has 0 bridgehead atoms. The van der Waals surface area contributed by atoms with Gasteiger partial charge in [0.15, 0.2) is 23.4 Å². The van der Waals surface area contributed by atoms with Crippen LogP contribution in [0, 0.1) is 0 Å². The molecule has 0 saturated carbocycles. The average molecular weight is 272 g/mol. The first kappa shape index (κ1) is 12.5. The molecule has 3 rings (SSSR count). The minimum Gasteiger partial charge on any atom is -0.503 e. The number of aromatic hydroxyl groups is 1. The Morgan fingerprint density at radius 3 is 2.80 bits per heavy atom. The quantitative estimate of drug-likeness (QED) is 0.676. The van der Waals surface area contributed by atoms with E-state index in [1.54, 1.807) is 41.1 Å². The number of aromatic nitrogens is 1.